The number of nitrogen functional groups attached to an aromatic ring is 1. The van der Waals surface area contributed by atoms with Crippen molar-refractivity contribution in [3.05, 3.63) is 47.5 Å². The quantitative estimate of drug-likeness (QED) is 0.809. The van der Waals surface area contributed by atoms with Crippen LogP contribution in [0.1, 0.15) is 25.0 Å². The van der Waals surface area contributed by atoms with Gasteiger partial charge in [-0.2, -0.15) is 0 Å². The highest BCUT2D eigenvalue weighted by Gasteiger charge is 2.09. The molecule has 0 heterocycles. The average molecular weight is 270 g/mol. The van der Waals surface area contributed by atoms with Gasteiger partial charge in [-0.3, -0.25) is 0 Å². The van der Waals surface area contributed by atoms with E-state index in [0.29, 0.717) is 5.69 Å². The molecule has 106 valence electrons. The van der Waals surface area contributed by atoms with Crippen LogP contribution in [0.25, 0.3) is 0 Å². The average Bonchev–Trinajstić information content (AvgIpc) is 2.39. The first-order chi connectivity index (χ1) is 9.49. The molecule has 3 heteroatoms. The third kappa shape index (κ3) is 3.05. The molecule has 20 heavy (non-hydrogen) atoms. The van der Waals surface area contributed by atoms with E-state index in [-0.39, 0.29) is 6.10 Å². The maximum absolute atomic E-state index is 6.18. The van der Waals surface area contributed by atoms with E-state index < -0.39 is 0 Å². The van der Waals surface area contributed by atoms with E-state index in [1.165, 1.54) is 11.1 Å². The number of hydrogen-bond acceptors (Lipinski definition) is 3. The maximum atomic E-state index is 6.18. The summed E-state index contributed by atoms with van der Waals surface area (Å²) in [6.45, 7) is 8.18. The molecule has 2 rings (SSSR count). The topological polar surface area (TPSA) is 47.3 Å². The molecular formula is C17H22N2O. The van der Waals surface area contributed by atoms with E-state index in [1.54, 1.807) is 0 Å². The second-order valence-corrected chi connectivity index (χ2v) is 5.26. The number of para-hydroxylation sites is 1. The second-order valence-electron chi connectivity index (χ2n) is 5.26. The zero-order chi connectivity index (χ0) is 14.7. The first-order valence-electron chi connectivity index (χ1n) is 6.87. The fourth-order valence-electron chi connectivity index (χ4n) is 2.04. The number of nitrogens with one attached hydrogen (secondary N) is 1. The summed E-state index contributed by atoms with van der Waals surface area (Å²) >= 11 is 0. The van der Waals surface area contributed by atoms with Crippen molar-refractivity contribution < 1.29 is 4.74 Å². The Bertz CT molecular complexity index is 606. The minimum Gasteiger partial charge on any atom is -0.489 e. The summed E-state index contributed by atoms with van der Waals surface area (Å²) in [5, 5.41) is 3.39. The minimum atomic E-state index is 0.105. The van der Waals surface area contributed by atoms with Gasteiger partial charge in [0.15, 0.2) is 0 Å². The van der Waals surface area contributed by atoms with Crippen molar-refractivity contribution in [2.24, 2.45) is 0 Å². The number of benzene rings is 2. The van der Waals surface area contributed by atoms with Crippen LogP contribution >= 0.6 is 0 Å². The van der Waals surface area contributed by atoms with Gasteiger partial charge in [-0.05, 0) is 57.0 Å². The fraction of sp³-hybridized carbons (Fsp3) is 0.294. The van der Waals surface area contributed by atoms with Gasteiger partial charge in [0.25, 0.3) is 0 Å². The molecule has 0 aliphatic rings. The molecule has 3 N–H and O–H groups in total. The summed E-state index contributed by atoms with van der Waals surface area (Å²) < 4.78 is 5.71. The molecule has 0 amide bonds. The second kappa shape index (κ2) is 5.87. The highest BCUT2D eigenvalue weighted by atomic mass is 16.5. The van der Waals surface area contributed by atoms with Crippen LogP contribution in [-0.2, 0) is 0 Å². The van der Waals surface area contributed by atoms with Gasteiger partial charge < -0.3 is 15.8 Å². The van der Waals surface area contributed by atoms with Gasteiger partial charge in [0.05, 0.1) is 17.5 Å². The first kappa shape index (κ1) is 14.3. The van der Waals surface area contributed by atoms with Gasteiger partial charge in [-0.1, -0.05) is 18.2 Å². The van der Waals surface area contributed by atoms with Gasteiger partial charge in [0, 0.05) is 5.69 Å². The van der Waals surface area contributed by atoms with Crippen LogP contribution < -0.4 is 15.8 Å². The summed E-state index contributed by atoms with van der Waals surface area (Å²) in [4.78, 5) is 0. The zero-order valence-electron chi connectivity index (χ0n) is 12.5. The smallest absolute Gasteiger partial charge is 0.144 e. The molecule has 0 unspecified atom stereocenters. The summed E-state index contributed by atoms with van der Waals surface area (Å²) in [5.74, 6) is 0.718. The number of aryl methyl sites for hydroxylation is 1. The Hall–Kier alpha value is -2.16. The van der Waals surface area contributed by atoms with Crippen LogP contribution in [0, 0.1) is 13.8 Å². The van der Waals surface area contributed by atoms with Crippen LogP contribution in [0.15, 0.2) is 36.4 Å². The molecule has 0 spiro atoms. The van der Waals surface area contributed by atoms with E-state index in [4.69, 9.17) is 10.5 Å². The molecule has 0 atom stereocenters. The highest BCUT2D eigenvalue weighted by molar-refractivity contribution is 5.78. The molecule has 0 bridgehead atoms. The summed E-state index contributed by atoms with van der Waals surface area (Å²) in [7, 11) is 0. The molecule has 0 aliphatic heterocycles. The van der Waals surface area contributed by atoms with E-state index in [9.17, 15) is 0 Å². The summed E-state index contributed by atoms with van der Waals surface area (Å²) in [6, 6.07) is 12.0. The summed E-state index contributed by atoms with van der Waals surface area (Å²) in [6.07, 6.45) is 0.105. The number of hydrogen-bond donors (Lipinski definition) is 2. The Labute approximate surface area is 120 Å². The molecule has 0 fully saturated rings. The van der Waals surface area contributed by atoms with Gasteiger partial charge in [-0.25, -0.2) is 0 Å². The Kier molecular flexibility index (Phi) is 4.18. The van der Waals surface area contributed by atoms with Crippen molar-refractivity contribution in [2.75, 3.05) is 11.1 Å². The minimum absolute atomic E-state index is 0.105. The highest BCUT2D eigenvalue weighted by Crippen LogP contribution is 2.33. The largest absolute Gasteiger partial charge is 0.489 e. The molecule has 0 aliphatic carbocycles. The van der Waals surface area contributed by atoms with Crippen LogP contribution in [-0.4, -0.2) is 6.10 Å². The van der Waals surface area contributed by atoms with Gasteiger partial charge in [0.1, 0.15) is 5.75 Å². The predicted molar refractivity (Wildman–Crippen MR) is 85.8 cm³/mol. The van der Waals surface area contributed by atoms with Crippen molar-refractivity contribution in [3.8, 4) is 5.75 Å². The lowest BCUT2D eigenvalue weighted by atomic mass is 10.1. The molecule has 2 aromatic carbocycles. The third-order valence-electron chi connectivity index (χ3n) is 3.30. The lowest BCUT2D eigenvalue weighted by Crippen LogP contribution is -2.08. The summed E-state index contributed by atoms with van der Waals surface area (Å²) in [5.41, 5.74) is 11.2. The molecule has 0 saturated heterocycles. The number of rotatable bonds is 4. The predicted octanol–water partition coefficient (Wildman–Crippen LogP) is 4.42. The van der Waals surface area contributed by atoms with Crippen LogP contribution in [0.3, 0.4) is 0 Å². The van der Waals surface area contributed by atoms with Crippen molar-refractivity contribution in [2.45, 2.75) is 33.8 Å². The van der Waals surface area contributed by atoms with Crippen molar-refractivity contribution in [1.29, 1.82) is 0 Å². The number of ether oxygens (including phenoxy) is 1. The SMILES string of the molecule is Cc1cccc(Nc2cccc(OC(C)C)c2N)c1C. The lowest BCUT2D eigenvalue weighted by molar-refractivity contribution is 0.244. The zero-order valence-corrected chi connectivity index (χ0v) is 12.5. The van der Waals surface area contributed by atoms with Crippen LogP contribution in [0.5, 0.6) is 5.75 Å². The molecule has 0 saturated carbocycles. The van der Waals surface area contributed by atoms with Crippen molar-refractivity contribution >= 4 is 17.1 Å². The molecular weight excluding hydrogens is 248 g/mol. The van der Waals surface area contributed by atoms with Crippen LogP contribution in [0.4, 0.5) is 17.1 Å². The molecule has 0 radical (unpaired) electrons. The maximum Gasteiger partial charge on any atom is 0.144 e. The van der Waals surface area contributed by atoms with Crippen molar-refractivity contribution in [1.82, 2.24) is 0 Å². The monoisotopic (exact) mass is 270 g/mol. The molecule has 2 aromatic rings. The fourth-order valence-corrected chi connectivity index (χ4v) is 2.04. The van der Waals surface area contributed by atoms with Gasteiger partial charge in [-0.15, -0.1) is 0 Å². The van der Waals surface area contributed by atoms with Crippen LogP contribution in [0.2, 0.25) is 0 Å². The molecule has 0 aromatic heterocycles. The Balaban J connectivity index is 2.32. The molecule has 3 nitrogen and oxygen atoms in total. The Morgan fingerprint density at radius 1 is 1.00 bits per heavy atom. The first-order valence-corrected chi connectivity index (χ1v) is 6.87. The van der Waals surface area contributed by atoms with E-state index >= 15 is 0 Å². The standard InChI is InChI=1S/C17H22N2O/c1-11(2)20-16-10-6-9-15(17(16)18)19-14-8-5-7-12(3)13(14)4/h5-11,19H,18H2,1-4H3. The van der Waals surface area contributed by atoms with Gasteiger partial charge in [0.2, 0.25) is 0 Å². The third-order valence-corrected chi connectivity index (χ3v) is 3.30. The van der Waals surface area contributed by atoms with E-state index in [2.05, 4.69) is 31.3 Å². The normalized spacial score (nSPS) is 10.7. The van der Waals surface area contributed by atoms with Crippen molar-refractivity contribution in [3.63, 3.8) is 0 Å². The lowest BCUT2D eigenvalue weighted by Gasteiger charge is -2.17. The Morgan fingerprint density at radius 2 is 1.65 bits per heavy atom. The number of anilines is 3. The van der Waals surface area contributed by atoms with E-state index in [1.807, 2.05) is 38.1 Å². The van der Waals surface area contributed by atoms with E-state index in [0.717, 1.165) is 17.1 Å². The Morgan fingerprint density at radius 3 is 2.35 bits per heavy atom. The number of nitrogens with two attached hydrogens (primary N) is 1. The van der Waals surface area contributed by atoms with Gasteiger partial charge >= 0.3 is 0 Å².